The second-order valence-electron chi connectivity index (χ2n) is 7.64. The summed E-state index contributed by atoms with van der Waals surface area (Å²) in [6.07, 6.45) is -0.0198. The standard InChI is InChI=1S/C11H11F3O5S2.C10H10N2O3S.CHF3O2S.Na/c12-11(13,14)20(16)19-8-9(15)6-7-21(17,18)10-4-2-1-3-5-10;11-12-8-9(13)6-7-16(14,15)10-4-2-1-3-5-10;2-1(3,4)7(5)6;/h1-5H,6-8H2;1-5,8H,6-7H2;(H,5,6);/q;;;+1/p-1. The van der Waals surface area contributed by atoms with Crippen molar-refractivity contribution in [3.8, 4) is 0 Å². The van der Waals surface area contributed by atoms with Gasteiger partial charge in [-0.15, -0.1) is 0 Å². The summed E-state index contributed by atoms with van der Waals surface area (Å²) in [6, 6.07) is 15.2. The van der Waals surface area contributed by atoms with E-state index in [9.17, 15) is 57.0 Å². The minimum Gasteiger partial charge on any atom is -0.766 e. The summed E-state index contributed by atoms with van der Waals surface area (Å²) in [6.45, 7) is -1.06. The molecule has 246 valence electrons. The first kappa shape index (κ1) is 45.0. The van der Waals surface area contributed by atoms with Crippen LogP contribution in [0.3, 0.4) is 0 Å². The summed E-state index contributed by atoms with van der Waals surface area (Å²) in [5, 5.41) is 0. The van der Waals surface area contributed by atoms with Gasteiger partial charge in [0.25, 0.3) is 11.1 Å². The number of hydrogen-bond donors (Lipinski definition) is 0. The first-order chi connectivity index (χ1) is 20.1. The molecule has 0 radical (unpaired) electrons. The van der Waals surface area contributed by atoms with Gasteiger partial charge in [0, 0.05) is 12.8 Å². The summed E-state index contributed by atoms with van der Waals surface area (Å²) in [5.41, 5.74) is -2.07. The molecule has 0 aromatic heterocycles. The van der Waals surface area contributed by atoms with E-state index in [1.165, 1.54) is 36.4 Å². The fourth-order valence-electron chi connectivity index (χ4n) is 2.36. The molecule has 2 atom stereocenters. The van der Waals surface area contributed by atoms with E-state index in [0.717, 1.165) is 0 Å². The van der Waals surface area contributed by atoms with Crippen LogP contribution in [0.5, 0.6) is 0 Å². The Morgan fingerprint density at radius 3 is 1.51 bits per heavy atom. The predicted octanol–water partition coefficient (Wildman–Crippen LogP) is -0.271. The number of carbonyl (C=O) groups is 2. The Morgan fingerprint density at radius 1 is 0.800 bits per heavy atom. The molecular formula is C22H21F6N2NaO10S4. The van der Waals surface area contributed by atoms with E-state index < -0.39 is 83.2 Å². The minimum atomic E-state index is -5.08. The Labute approximate surface area is 280 Å². The van der Waals surface area contributed by atoms with E-state index in [0.29, 0.717) is 6.21 Å². The summed E-state index contributed by atoms with van der Waals surface area (Å²) < 4.78 is 146. The quantitative estimate of drug-likeness (QED) is 0.0696. The predicted molar refractivity (Wildman–Crippen MR) is 141 cm³/mol. The molecule has 0 bridgehead atoms. The molecule has 23 heteroatoms. The average Bonchev–Trinajstić information content (AvgIpc) is 2.94. The summed E-state index contributed by atoms with van der Waals surface area (Å²) >= 11 is -7.52. The number of rotatable bonds is 12. The van der Waals surface area contributed by atoms with Crippen LogP contribution in [-0.4, -0.2) is 81.5 Å². The molecule has 0 aliphatic rings. The number of benzene rings is 2. The normalized spacial score (nSPS) is 12.8. The molecule has 45 heavy (non-hydrogen) atoms. The van der Waals surface area contributed by atoms with Gasteiger partial charge in [-0.25, -0.2) is 21.0 Å². The Hall–Kier alpha value is -2.14. The number of sulfone groups is 2. The van der Waals surface area contributed by atoms with Crippen molar-refractivity contribution in [2.75, 3.05) is 18.1 Å². The van der Waals surface area contributed by atoms with E-state index in [1.807, 2.05) is 0 Å². The fourth-order valence-corrected chi connectivity index (χ4v) is 5.32. The maximum absolute atomic E-state index is 11.9. The Bertz CT molecular complexity index is 1550. The average molecular weight is 739 g/mol. The van der Waals surface area contributed by atoms with E-state index in [-0.39, 0.29) is 51.5 Å². The van der Waals surface area contributed by atoms with Crippen LogP contribution < -0.4 is 29.6 Å². The van der Waals surface area contributed by atoms with Crippen molar-refractivity contribution >= 4 is 59.6 Å². The maximum Gasteiger partial charge on any atom is 1.00 e. The van der Waals surface area contributed by atoms with Gasteiger partial charge >= 0.3 is 46.8 Å². The topological polar surface area (TPSA) is 205 Å². The number of alkyl halides is 6. The number of ketones is 2. The molecule has 2 rings (SSSR count). The van der Waals surface area contributed by atoms with Crippen molar-refractivity contribution in [2.24, 2.45) is 0 Å². The van der Waals surface area contributed by atoms with Gasteiger partial charge in [0.15, 0.2) is 25.5 Å². The van der Waals surface area contributed by atoms with Gasteiger partial charge in [0.1, 0.15) is 6.61 Å². The van der Waals surface area contributed by atoms with Crippen LogP contribution in [0.25, 0.3) is 5.53 Å². The largest absolute Gasteiger partial charge is 1.00 e. The van der Waals surface area contributed by atoms with Crippen LogP contribution in [-0.2, 0) is 55.6 Å². The molecule has 0 amide bonds. The van der Waals surface area contributed by atoms with Crippen molar-refractivity contribution in [1.29, 1.82) is 0 Å². The van der Waals surface area contributed by atoms with Crippen molar-refractivity contribution in [2.45, 2.75) is 33.6 Å². The van der Waals surface area contributed by atoms with Crippen LogP contribution in [0.15, 0.2) is 70.5 Å². The van der Waals surface area contributed by atoms with Crippen LogP contribution in [0.1, 0.15) is 12.8 Å². The fraction of sp³-hybridized carbons (Fsp3) is 0.318. The van der Waals surface area contributed by atoms with E-state index in [1.54, 1.807) is 24.3 Å². The summed E-state index contributed by atoms with van der Waals surface area (Å²) in [7, 11) is -7.13. The molecule has 0 spiro atoms. The maximum atomic E-state index is 11.9. The van der Waals surface area contributed by atoms with Gasteiger partial charge in [-0.3, -0.25) is 18.0 Å². The van der Waals surface area contributed by atoms with E-state index in [4.69, 9.17) is 14.3 Å². The van der Waals surface area contributed by atoms with Gasteiger partial charge in [0.2, 0.25) is 5.78 Å². The van der Waals surface area contributed by atoms with Crippen molar-refractivity contribution in [3.63, 3.8) is 0 Å². The number of nitrogens with zero attached hydrogens (tertiary/aromatic N) is 2. The third-order valence-electron chi connectivity index (χ3n) is 4.38. The molecule has 0 saturated carbocycles. The molecule has 0 N–H and O–H groups in total. The molecule has 2 aromatic rings. The second-order valence-corrected chi connectivity index (χ2v) is 14.0. The molecule has 0 heterocycles. The molecular weight excluding hydrogens is 717 g/mol. The molecule has 0 saturated heterocycles. The van der Waals surface area contributed by atoms with E-state index >= 15 is 0 Å². The zero-order valence-corrected chi connectivity index (χ0v) is 28.0. The Balaban J connectivity index is 0. The number of Topliss-reactive ketones (excluding diaryl/α,β-unsaturated/α-hetero) is 2. The Morgan fingerprint density at radius 2 is 1.18 bits per heavy atom. The van der Waals surface area contributed by atoms with Gasteiger partial charge in [-0.05, 0) is 24.3 Å². The van der Waals surface area contributed by atoms with Crippen LogP contribution >= 0.6 is 0 Å². The van der Waals surface area contributed by atoms with Gasteiger partial charge in [-0.1, -0.05) is 36.4 Å². The van der Waals surface area contributed by atoms with Crippen molar-refractivity contribution in [3.05, 3.63) is 66.2 Å². The van der Waals surface area contributed by atoms with E-state index in [2.05, 4.69) is 8.97 Å². The summed E-state index contributed by atoms with van der Waals surface area (Å²) in [4.78, 5) is 24.9. The molecule has 0 aliphatic carbocycles. The molecule has 0 fully saturated rings. The van der Waals surface area contributed by atoms with Gasteiger partial charge < -0.3 is 10.1 Å². The zero-order chi connectivity index (χ0) is 34.2. The van der Waals surface area contributed by atoms with Gasteiger partial charge in [0.05, 0.1) is 32.4 Å². The van der Waals surface area contributed by atoms with Crippen LogP contribution in [0.4, 0.5) is 26.3 Å². The number of hydrogen-bond acceptors (Lipinski definition) is 10. The SMILES string of the molecule is O=C(CCS(=O)(=O)c1ccccc1)COS(=O)C(F)(F)F.O=S([O-])C(F)(F)F.[N-]=[N+]=CC(=O)CCS(=O)(=O)c1ccccc1.[Na+]. The van der Waals surface area contributed by atoms with Crippen LogP contribution in [0.2, 0.25) is 0 Å². The minimum absolute atomic E-state index is 0. The first-order valence-corrected chi connectivity index (χ1v) is 16.6. The third-order valence-corrected chi connectivity index (χ3v) is 8.93. The summed E-state index contributed by atoms with van der Waals surface area (Å²) in [5.74, 6) is -2.26. The smallest absolute Gasteiger partial charge is 0.766 e. The third kappa shape index (κ3) is 19.9. The zero-order valence-electron chi connectivity index (χ0n) is 22.8. The molecule has 2 aromatic carbocycles. The monoisotopic (exact) mass is 738 g/mol. The number of carbonyl (C=O) groups excluding carboxylic acids is 2. The van der Waals surface area contributed by atoms with Crippen molar-refractivity contribution in [1.82, 2.24) is 0 Å². The van der Waals surface area contributed by atoms with Crippen molar-refractivity contribution < 1.29 is 104 Å². The molecule has 2 unspecified atom stereocenters. The Kier molecular flexibility index (Phi) is 20.9. The first-order valence-electron chi connectivity index (χ1n) is 11.2. The molecule has 0 aliphatic heterocycles. The second kappa shape index (κ2) is 20.9. The number of halogens is 6. The van der Waals surface area contributed by atoms with Crippen LogP contribution in [0, 0.1) is 0 Å². The van der Waals surface area contributed by atoms with Gasteiger partial charge in [-0.2, -0.15) is 31.1 Å². The molecule has 12 nitrogen and oxygen atoms in total.